The molecule has 16 heavy (non-hydrogen) atoms. The van der Waals surface area contributed by atoms with Gasteiger partial charge in [0.1, 0.15) is 6.61 Å². The van der Waals surface area contributed by atoms with Crippen molar-refractivity contribution in [2.75, 3.05) is 13.2 Å². The van der Waals surface area contributed by atoms with Crippen molar-refractivity contribution < 1.29 is 4.74 Å². The van der Waals surface area contributed by atoms with Gasteiger partial charge in [0, 0.05) is 12.5 Å². The van der Waals surface area contributed by atoms with E-state index < -0.39 is 0 Å². The van der Waals surface area contributed by atoms with Crippen molar-refractivity contribution in [3.05, 3.63) is 11.6 Å². The largest absolute Gasteiger partial charge is 0.372 e. The first-order valence-electron chi connectivity index (χ1n) is 6.09. The molecule has 1 aromatic heterocycles. The monoisotopic (exact) mass is 224 g/mol. The quantitative estimate of drug-likeness (QED) is 0.740. The fourth-order valence-electron chi connectivity index (χ4n) is 2.17. The molecule has 0 spiro atoms. The Morgan fingerprint density at radius 1 is 1.31 bits per heavy atom. The minimum atomic E-state index is 0.483. The Hall–Kier alpha value is -0.940. The second-order valence-electron chi connectivity index (χ2n) is 4.32. The smallest absolute Gasteiger partial charge is 0.153 e. The number of aromatic nitrogens is 3. The number of H-pyrrole nitrogens is 1. The maximum Gasteiger partial charge on any atom is 0.153 e. The number of aromatic amines is 1. The maximum atomic E-state index is 5.34. The molecule has 0 saturated heterocycles. The summed E-state index contributed by atoms with van der Waals surface area (Å²) in [6.07, 6.45) is 6.41. The van der Waals surface area contributed by atoms with E-state index in [1.54, 1.807) is 0 Å². The molecule has 3 N–H and O–H groups in total. The molecule has 0 amide bonds. The van der Waals surface area contributed by atoms with Gasteiger partial charge in [0.2, 0.25) is 0 Å². The highest BCUT2D eigenvalue weighted by atomic mass is 16.5. The van der Waals surface area contributed by atoms with Crippen LogP contribution in [-0.2, 0) is 11.3 Å². The first kappa shape index (κ1) is 11.5. The van der Waals surface area contributed by atoms with Crippen LogP contribution in [0.15, 0.2) is 0 Å². The van der Waals surface area contributed by atoms with Crippen LogP contribution in [0, 0.1) is 0 Å². The van der Waals surface area contributed by atoms with E-state index in [0.29, 0.717) is 25.7 Å². The second kappa shape index (κ2) is 5.96. The highest BCUT2D eigenvalue weighted by Gasteiger charge is 2.19. The lowest BCUT2D eigenvalue weighted by atomic mass is 9.89. The van der Waals surface area contributed by atoms with Crippen molar-refractivity contribution in [3.63, 3.8) is 0 Å². The highest BCUT2D eigenvalue weighted by Crippen LogP contribution is 2.30. The number of nitrogens with zero attached hydrogens (tertiary/aromatic N) is 2. The van der Waals surface area contributed by atoms with Crippen molar-refractivity contribution in [3.8, 4) is 0 Å². The molecule has 0 unspecified atom stereocenters. The molecule has 5 heteroatoms. The van der Waals surface area contributed by atoms with E-state index in [4.69, 9.17) is 10.5 Å². The number of nitrogens with two attached hydrogens (primary N) is 1. The molecule has 0 atom stereocenters. The average molecular weight is 224 g/mol. The first-order chi connectivity index (χ1) is 7.90. The van der Waals surface area contributed by atoms with Gasteiger partial charge in [-0.05, 0) is 12.8 Å². The summed E-state index contributed by atoms with van der Waals surface area (Å²) in [5.41, 5.74) is 5.34. The predicted molar refractivity (Wildman–Crippen MR) is 60.9 cm³/mol. The van der Waals surface area contributed by atoms with Gasteiger partial charge in [-0.25, -0.2) is 4.98 Å². The van der Waals surface area contributed by atoms with Crippen molar-refractivity contribution >= 4 is 0 Å². The van der Waals surface area contributed by atoms with Gasteiger partial charge < -0.3 is 10.5 Å². The Morgan fingerprint density at radius 3 is 2.88 bits per heavy atom. The maximum absolute atomic E-state index is 5.34. The number of hydrogen-bond donors (Lipinski definition) is 2. The Morgan fingerprint density at radius 2 is 2.12 bits per heavy atom. The van der Waals surface area contributed by atoms with E-state index in [9.17, 15) is 0 Å². The standard InChI is InChI=1S/C11H20N4O/c12-6-7-16-8-10-13-11(15-14-10)9-4-2-1-3-5-9/h9H,1-8,12H2,(H,13,14,15). The van der Waals surface area contributed by atoms with E-state index >= 15 is 0 Å². The van der Waals surface area contributed by atoms with Gasteiger partial charge in [-0.2, -0.15) is 5.10 Å². The third-order valence-corrected chi connectivity index (χ3v) is 3.02. The third-order valence-electron chi connectivity index (χ3n) is 3.02. The van der Waals surface area contributed by atoms with Gasteiger partial charge in [0.25, 0.3) is 0 Å². The van der Waals surface area contributed by atoms with Crippen LogP contribution in [0.2, 0.25) is 0 Å². The molecule has 90 valence electrons. The van der Waals surface area contributed by atoms with Crippen molar-refractivity contribution in [2.45, 2.75) is 44.6 Å². The van der Waals surface area contributed by atoms with Crippen LogP contribution in [0.1, 0.15) is 49.7 Å². The predicted octanol–water partition coefficient (Wildman–Crippen LogP) is 1.33. The minimum Gasteiger partial charge on any atom is -0.372 e. The molecule has 5 nitrogen and oxygen atoms in total. The summed E-state index contributed by atoms with van der Waals surface area (Å²) in [4.78, 5) is 4.47. The van der Waals surface area contributed by atoms with Gasteiger partial charge in [-0.3, -0.25) is 5.10 Å². The summed E-state index contributed by atoms with van der Waals surface area (Å²) < 4.78 is 5.31. The average Bonchev–Trinajstić information content (AvgIpc) is 2.79. The van der Waals surface area contributed by atoms with Crippen molar-refractivity contribution in [1.82, 2.24) is 15.2 Å². The zero-order valence-electron chi connectivity index (χ0n) is 9.61. The summed E-state index contributed by atoms with van der Waals surface area (Å²) in [5.74, 6) is 2.33. The molecule has 1 heterocycles. The zero-order valence-corrected chi connectivity index (χ0v) is 9.61. The Labute approximate surface area is 95.8 Å². The van der Waals surface area contributed by atoms with Crippen LogP contribution in [0.5, 0.6) is 0 Å². The molecule has 0 aliphatic heterocycles. The van der Waals surface area contributed by atoms with E-state index in [1.165, 1.54) is 32.1 Å². The lowest BCUT2D eigenvalue weighted by Gasteiger charge is -2.17. The summed E-state index contributed by atoms with van der Waals surface area (Å²) in [5, 5.41) is 7.21. The molecule has 2 rings (SSSR count). The molecular formula is C11H20N4O. The van der Waals surface area contributed by atoms with Crippen LogP contribution in [-0.4, -0.2) is 28.3 Å². The topological polar surface area (TPSA) is 76.8 Å². The number of ether oxygens (including phenoxy) is 1. The Kier molecular flexibility index (Phi) is 4.30. The molecule has 1 aromatic rings. The van der Waals surface area contributed by atoms with E-state index in [0.717, 1.165) is 11.6 Å². The molecule has 1 saturated carbocycles. The SMILES string of the molecule is NCCOCc1nc(C2CCCCC2)n[nH]1. The number of hydrogen-bond acceptors (Lipinski definition) is 4. The van der Waals surface area contributed by atoms with Crippen molar-refractivity contribution in [2.24, 2.45) is 5.73 Å². The Bertz CT molecular complexity index is 307. The molecule has 0 bridgehead atoms. The second-order valence-corrected chi connectivity index (χ2v) is 4.32. The fraction of sp³-hybridized carbons (Fsp3) is 0.818. The molecule has 0 aromatic carbocycles. The van der Waals surface area contributed by atoms with E-state index in [-0.39, 0.29) is 0 Å². The van der Waals surface area contributed by atoms with Gasteiger partial charge in [0.05, 0.1) is 6.61 Å². The van der Waals surface area contributed by atoms with Gasteiger partial charge in [-0.15, -0.1) is 0 Å². The van der Waals surface area contributed by atoms with Gasteiger partial charge in [-0.1, -0.05) is 19.3 Å². The zero-order chi connectivity index (χ0) is 11.2. The van der Waals surface area contributed by atoms with Gasteiger partial charge >= 0.3 is 0 Å². The van der Waals surface area contributed by atoms with E-state index in [1.807, 2.05) is 0 Å². The molecular weight excluding hydrogens is 204 g/mol. The molecule has 1 aliphatic rings. The minimum absolute atomic E-state index is 0.483. The number of nitrogens with one attached hydrogen (secondary N) is 1. The van der Waals surface area contributed by atoms with Crippen LogP contribution >= 0.6 is 0 Å². The first-order valence-corrected chi connectivity index (χ1v) is 6.09. The van der Waals surface area contributed by atoms with Crippen LogP contribution in [0.4, 0.5) is 0 Å². The lowest BCUT2D eigenvalue weighted by molar-refractivity contribution is 0.122. The molecule has 0 radical (unpaired) electrons. The van der Waals surface area contributed by atoms with Crippen LogP contribution < -0.4 is 5.73 Å². The normalized spacial score (nSPS) is 17.8. The summed E-state index contributed by atoms with van der Waals surface area (Å²) >= 11 is 0. The number of rotatable bonds is 5. The molecule has 1 fully saturated rings. The summed E-state index contributed by atoms with van der Waals surface area (Å²) in [6, 6.07) is 0. The Balaban J connectivity index is 1.85. The summed E-state index contributed by atoms with van der Waals surface area (Å²) in [6.45, 7) is 1.60. The third kappa shape index (κ3) is 3.02. The lowest BCUT2D eigenvalue weighted by Crippen LogP contribution is -2.09. The fourth-order valence-corrected chi connectivity index (χ4v) is 2.17. The van der Waals surface area contributed by atoms with Crippen LogP contribution in [0.25, 0.3) is 0 Å². The van der Waals surface area contributed by atoms with E-state index in [2.05, 4.69) is 15.2 Å². The summed E-state index contributed by atoms with van der Waals surface area (Å²) in [7, 11) is 0. The highest BCUT2D eigenvalue weighted by molar-refractivity contribution is 4.98. The van der Waals surface area contributed by atoms with Crippen molar-refractivity contribution in [1.29, 1.82) is 0 Å². The molecule has 1 aliphatic carbocycles. The van der Waals surface area contributed by atoms with Gasteiger partial charge in [0.15, 0.2) is 11.6 Å². The van der Waals surface area contributed by atoms with Crippen LogP contribution in [0.3, 0.4) is 0 Å².